The summed E-state index contributed by atoms with van der Waals surface area (Å²) in [6.45, 7) is 1.74. The molecule has 4 heteroatoms. The molecule has 0 unspecified atom stereocenters. The highest BCUT2D eigenvalue weighted by atomic mass is 32.1. The summed E-state index contributed by atoms with van der Waals surface area (Å²) in [6, 6.07) is 5.12. The quantitative estimate of drug-likeness (QED) is 0.782. The van der Waals surface area contributed by atoms with Gasteiger partial charge in [0, 0.05) is 6.20 Å². The summed E-state index contributed by atoms with van der Waals surface area (Å²) in [5, 5.41) is 0.501. The van der Waals surface area contributed by atoms with E-state index >= 15 is 0 Å². The Morgan fingerprint density at radius 3 is 2.79 bits per heavy atom. The van der Waals surface area contributed by atoms with Gasteiger partial charge in [-0.2, -0.15) is 0 Å². The fourth-order valence-electron chi connectivity index (χ4n) is 1.17. The standard InChI is InChI=1S/C10H9FN2S/c1-6-2-3-7(4-8(6)11)9-5-13-10(12)14-9/h2-5H,1H3,(H2,12,13). The highest BCUT2D eigenvalue weighted by Crippen LogP contribution is 2.28. The Hall–Kier alpha value is -1.42. The fraction of sp³-hybridized carbons (Fsp3) is 0.100. The normalized spacial score (nSPS) is 10.4. The van der Waals surface area contributed by atoms with Gasteiger partial charge >= 0.3 is 0 Å². The topological polar surface area (TPSA) is 38.9 Å². The van der Waals surface area contributed by atoms with Crippen LogP contribution < -0.4 is 5.73 Å². The molecule has 1 aromatic heterocycles. The Morgan fingerprint density at radius 2 is 2.21 bits per heavy atom. The van der Waals surface area contributed by atoms with Crippen molar-refractivity contribution in [1.82, 2.24) is 4.98 Å². The molecule has 2 aromatic rings. The highest BCUT2D eigenvalue weighted by molar-refractivity contribution is 7.18. The molecule has 1 aromatic carbocycles. The smallest absolute Gasteiger partial charge is 0.180 e. The van der Waals surface area contributed by atoms with Gasteiger partial charge in [0.1, 0.15) is 5.82 Å². The number of nitrogens with zero attached hydrogens (tertiary/aromatic N) is 1. The number of nitrogen functional groups attached to an aromatic ring is 1. The molecule has 2 rings (SSSR count). The van der Waals surface area contributed by atoms with Crippen LogP contribution in [0.4, 0.5) is 9.52 Å². The van der Waals surface area contributed by atoms with E-state index in [1.807, 2.05) is 6.07 Å². The Balaban J connectivity index is 2.47. The van der Waals surface area contributed by atoms with Crippen LogP contribution in [-0.2, 0) is 0 Å². The van der Waals surface area contributed by atoms with E-state index in [0.717, 1.165) is 10.4 Å². The summed E-state index contributed by atoms with van der Waals surface area (Å²) >= 11 is 1.36. The van der Waals surface area contributed by atoms with Gasteiger partial charge in [0.15, 0.2) is 5.13 Å². The molecule has 0 saturated carbocycles. The van der Waals surface area contributed by atoms with E-state index in [0.29, 0.717) is 10.7 Å². The van der Waals surface area contributed by atoms with Crippen molar-refractivity contribution in [3.8, 4) is 10.4 Å². The van der Waals surface area contributed by atoms with Crippen LogP contribution in [0.5, 0.6) is 0 Å². The number of hydrogen-bond donors (Lipinski definition) is 1. The molecule has 0 saturated heterocycles. The number of nitrogens with two attached hydrogens (primary N) is 1. The van der Waals surface area contributed by atoms with Crippen LogP contribution in [0.25, 0.3) is 10.4 Å². The lowest BCUT2D eigenvalue weighted by molar-refractivity contribution is 0.619. The monoisotopic (exact) mass is 208 g/mol. The van der Waals surface area contributed by atoms with E-state index in [1.54, 1.807) is 19.2 Å². The Kier molecular flexibility index (Phi) is 2.21. The lowest BCUT2D eigenvalue weighted by atomic mass is 10.1. The third-order valence-corrected chi connectivity index (χ3v) is 2.86. The number of anilines is 1. The summed E-state index contributed by atoms with van der Waals surface area (Å²) < 4.78 is 13.2. The predicted molar refractivity (Wildman–Crippen MR) is 56.7 cm³/mol. The zero-order valence-electron chi connectivity index (χ0n) is 7.62. The van der Waals surface area contributed by atoms with Gasteiger partial charge in [0.2, 0.25) is 0 Å². The predicted octanol–water partition coefficient (Wildman–Crippen LogP) is 2.84. The number of halogens is 1. The average molecular weight is 208 g/mol. The van der Waals surface area contributed by atoms with Crippen LogP contribution >= 0.6 is 11.3 Å². The van der Waals surface area contributed by atoms with Crippen molar-refractivity contribution < 1.29 is 4.39 Å². The van der Waals surface area contributed by atoms with E-state index < -0.39 is 0 Å². The van der Waals surface area contributed by atoms with Gasteiger partial charge < -0.3 is 5.73 Å². The molecule has 0 bridgehead atoms. The second-order valence-electron chi connectivity index (χ2n) is 3.03. The first kappa shape index (κ1) is 9.15. The van der Waals surface area contributed by atoms with Crippen LogP contribution in [0, 0.1) is 12.7 Å². The van der Waals surface area contributed by atoms with E-state index in [9.17, 15) is 4.39 Å². The van der Waals surface area contributed by atoms with Gasteiger partial charge in [-0.05, 0) is 24.1 Å². The van der Waals surface area contributed by atoms with Gasteiger partial charge in [0.25, 0.3) is 0 Å². The summed E-state index contributed by atoms with van der Waals surface area (Å²) in [5.41, 5.74) is 6.96. The molecule has 0 fully saturated rings. The minimum Gasteiger partial charge on any atom is -0.375 e. The summed E-state index contributed by atoms with van der Waals surface area (Å²) in [6.07, 6.45) is 1.66. The Bertz CT molecular complexity index is 465. The zero-order chi connectivity index (χ0) is 10.1. The van der Waals surface area contributed by atoms with Crippen molar-refractivity contribution in [2.24, 2.45) is 0 Å². The van der Waals surface area contributed by atoms with Crippen molar-refractivity contribution in [3.63, 3.8) is 0 Å². The van der Waals surface area contributed by atoms with Crippen molar-refractivity contribution in [2.75, 3.05) is 5.73 Å². The minimum atomic E-state index is -0.200. The molecule has 2 N–H and O–H groups in total. The maximum absolute atomic E-state index is 13.2. The number of benzene rings is 1. The lowest BCUT2D eigenvalue weighted by Crippen LogP contribution is -1.82. The first-order valence-electron chi connectivity index (χ1n) is 4.14. The number of thiazole rings is 1. The molecule has 0 aliphatic carbocycles. The van der Waals surface area contributed by atoms with E-state index in [1.165, 1.54) is 17.4 Å². The first-order valence-corrected chi connectivity index (χ1v) is 4.96. The number of aromatic nitrogens is 1. The Morgan fingerprint density at radius 1 is 1.43 bits per heavy atom. The van der Waals surface area contributed by atoms with Crippen LogP contribution in [0.3, 0.4) is 0 Å². The summed E-state index contributed by atoms with van der Waals surface area (Å²) in [5.74, 6) is -0.200. The SMILES string of the molecule is Cc1ccc(-c2cnc(N)s2)cc1F. The van der Waals surface area contributed by atoms with Crippen LogP contribution in [-0.4, -0.2) is 4.98 Å². The lowest BCUT2D eigenvalue weighted by Gasteiger charge is -1.99. The third kappa shape index (κ3) is 1.61. The maximum Gasteiger partial charge on any atom is 0.180 e. The van der Waals surface area contributed by atoms with Crippen LogP contribution in [0.1, 0.15) is 5.56 Å². The highest BCUT2D eigenvalue weighted by Gasteiger charge is 2.04. The molecule has 1 heterocycles. The molecule has 0 radical (unpaired) electrons. The van der Waals surface area contributed by atoms with Crippen LogP contribution in [0.15, 0.2) is 24.4 Å². The molecule has 2 nitrogen and oxygen atoms in total. The summed E-state index contributed by atoms with van der Waals surface area (Å²) in [7, 11) is 0. The molecular formula is C10H9FN2S. The second kappa shape index (κ2) is 3.38. The van der Waals surface area contributed by atoms with Crippen LogP contribution in [0.2, 0.25) is 0 Å². The molecule has 0 aliphatic rings. The molecule has 0 aliphatic heterocycles. The van der Waals surface area contributed by atoms with Gasteiger partial charge in [0.05, 0.1) is 4.88 Å². The Labute approximate surface area is 85.2 Å². The minimum absolute atomic E-state index is 0.200. The maximum atomic E-state index is 13.2. The van der Waals surface area contributed by atoms with Gasteiger partial charge in [-0.25, -0.2) is 9.37 Å². The molecule has 0 amide bonds. The van der Waals surface area contributed by atoms with E-state index in [2.05, 4.69) is 4.98 Å². The van der Waals surface area contributed by atoms with Gasteiger partial charge in [-0.1, -0.05) is 23.5 Å². The zero-order valence-corrected chi connectivity index (χ0v) is 8.44. The second-order valence-corrected chi connectivity index (χ2v) is 4.09. The number of aryl methyl sites for hydroxylation is 1. The first-order chi connectivity index (χ1) is 6.66. The number of hydrogen-bond acceptors (Lipinski definition) is 3. The number of rotatable bonds is 1. The van der Waals surface area contributed by atoms with Gasteiger partial charge in [-0.15, -0.1) is 0 Å². The van der Waals surface area contributed by atoms with E-state index in [-0.39, 0.29) is 5.82 Å². The van der Waals surface area contributed by atoms with E-state index in [4.69, 9.17) is 5.73 Å². The average Bonchev–Trinajstić information content (AvgIpc) is 2.57. The van der Waals surface area contributed by atoms with Gasteiger partial charge in [-0.3, -0.25) is 0 Å². The molecule has 0 spiro atoms. The molecule has 14 heavy (non-hydrogen) atoms. The third-order valence-electron chi connectivity index (χ3n) is 1.98. The molecule has 0 atom stereocenters. The largest absolute Gasteiger partial charge is 0.375 e. The molecule has 72 valence electrons. The summed E-state index contributed by atoms with van der Waals surface area (Å²) in [4.78, 5) is 4.81. The fourth-order valence-corrected chi connectivity index (χ4v) is 1.85. The van der Waals surface area contributed by atoms with Crippen molar-refractivity contribution in [3.05, 3.63) is 35.8 Å². The van der Waals surface area contributed by atoms with Crippen molar-refractivity contribution in [2.45, 2.75) is 6.92 Å². The molecular weight excluding hydrogens is 199 g/mol. The van der Waals surface area contributed by atoms with Crippen molar-refractivity contribution >= 4 is 16.5 Å². The van der Waals surface area contributed by atoms with Crippen molar-refractivity contribution in [1.29, 1.82) is 0 Å².